The van der Waals surface area contributed by atoms with Crippen molar-refractivity contribution in [3.05, 3.63) is 94.4 Å². The molecule has 1 aliphatic heterocycles. The van der Waals surface area contributed by atoms with Crippen LogP contribution in [0.2, 0.25) is 0 Å². The van der Waals surface area contributed by atoms with Crippen molar-refractivity contribution in [1.29, 1.82) is 0 Å². The molecule has 6 nitrogen and oxygen atoms in total. The van der Waals surface area contributed by atoms with E-state index in [4.69, 9.17) is 4.42 Å². The second kappa shape index (κ2) is 7.42. The van der Waals surface area contributed by atoms with E-state index in [1.807, 2.05) is 26.0 Å². The van der Waals surface area contributed by atoms with Crippen molar-refractivity contribution in [3.63, 3.8) is 0 Å². The number of carbonyl (C=O) groups is 2. The number of aromatic nitrogens is 1. The monoisotopic (exact) mass is 448 g/mol. The molecule has 1 unspecified atom stereocenters. The SMILES string of the molecule is Cc1cc(C)c2nc(N3C(=O)C(O)=C(C(=O)c4ccco4)C3c3cccc(F)c3)sc2c1. The summed E-state index contributed by atoms with van der Waals surface area (Å²) in [5, 5.41) is 11.0. The maximum atomic E-state index is 14.1. The number of fused-ring (bicyclic) bond motifs is 1. The number of thiazole rings is 1. The molecule has 0 saturated heterocycles. The lowest BCUT2D eigenvalue weighted by Crippen LogP contribution is -2.31. The van der Waals surface area contributed by atoms with Crippen LogP contribution in [0.1, 0.15) is 33.3 Å². The third kappa shape index (κ3) is 3.11. The largest absolute Gasteiger partial charge is 0.503 e. The Labute approximate surface area is 186 Å². The third-order valence-corrected chi connectivity index (χ3v) is 6.39. The normalized spacial score (nSPS) is 16.4. The molecule has 32 heavy (non-hydrogen) atoms. The molecule has 4 aromatic rings. The summed E-state index contributed by atoms with van der Waals surface area (Å²) in [4.78, 5) is 32.3. The Kier molecular flexibility index (Phi) is 4.67. The summed E-state index contributed by atoms with van der Waals surface area (Å²) >= 11 is 1.27. The van der Waals surface area contributed by atoms with Crippen LogP contribution in [0, 0.1) is 19.7 Å². The van der Waals surface area contributed by atoms with Crippen LogP contribution in [0.25, 0.3) is 10.2 Å². The highest BCUT2D eigenvalue weighted by Gasteiger charge is 2.46. The highest BCUT2D eigenvalue weighted by Crippen LogP contribution is 2.44. The Balaban J connectivity index is 1.71. The molecule has 1 amide bonds. The molecule has 8 heteroatoms. The number of halogens is 1. The Hall–Kier alpha value is -3.78. The fourth-order valence-electron chi connectivity index (χ4n) is 4.03. The number of aliphatic hydroxyl groups is 1. The van der Waals surface area contributed by atoms with Crippen LogP contribution >= 0.6 is 11.3 Å². The fraction of sp³-hybridized carbons (Fsp3) is 0.125. The minimum Gasteiger partial charge on any atom is -0.503 e. The van der Waals surface area contributed by atoms with E-state index in [9.17, 15) is 19.1 Å². The minimum absolute atomic E-state index is 0.0293. The number of carbonyl (C=O) groups excluding carboxylic acids is 2. The van der Waals surface area contributed by atoms with Gasteiger partial charge in [0.15, 0.2) is 16.7 Å². The van der Waals surface area contributed by atoms with Gasteiger partial charge in [-0.25, -0.2) is 9.37 Å². The van der Waals surface area contributed by atoms with E-state index in [1.54, 1.807) is 6.07 Å². The van der Waals surface area contributed by atoms with Gasteiger partial charge in [-0.3, -0.25) is 14.5 Å². The minimum atomic E-state index is -1.06. The topological polar surface area (TPSA) is 83.6 Å². The second-order valence-electron chi connectivity index (χ2n) is 7.63. The van der Waals surface area contributed by atoms with E-state index in [1.165, 1.54) is 52.8 Å². The molecule has 0 spiro atoms. The van der Waals surface area contributed by atoms with Gasteiger partial charge in [0.2, 0.25) is 5.78 Å². The van der Waals surface area contributed by atoms with Gasteiger partial charge in [-0.15, -0.1) is 0 Å². The standard InChI is InChI=1S/C24H17FN2O4S/c1-12-9-13(2)19-17(10-12)32-24(26-19)27-20(14-5-3-6-15(25)11-14)18(22(29)23(27)30)21(28)16-7-4-8-31-16/h3-11,20,29H,1-2H3. The number of nitrogens with zero attached hydrogens (tertiary/aromatic N) is 2. The smallest absolute Gasteiger partial charge is 0.296 e. The summed E-state index contributed by atoms with van der Waals surface area (Å²) in [6, 6.07) is 11.5. The van der Waals surface area contributed by atoms with E-state index in [-0.39, 0.29) is 11.3 Å². The van der Waals surface area contributed by atoms with E-state index in [0.29, 0.717) is 10.7 Å². The zero-order chi connectivity index (χ0) is 22.6. The van der Waals surface area contributed by atoms with Crippen LogP contribution in [-0.2, 0) is 4.79 Å². The summed E-state index contributed by atoms with van der Waals surface area (Å²) in [6.07, 6.45) is 1.33. The lowest BCUT2D eigenvalue weighted by atomic mass is 9.95. The molecule has 2 aromatic heterocycles. The van der Waals surface area contributed by atoms with Crippen LogP contribution in [-0.4, -0.2) is 21.8 Å². The quantitative estimate of drug-likeness (QED) is 0.421. The van der Waals surface area contributed by atoms with Gasteiger partial charge in [-0.05, 0) is 60.9 Å². The molecule has 0 aliphatic carbocycles. The number of amides is 1. The number of aliphatic hydroxyl groups excluding tert-OH is 1. The van der Waals surface area contributed by atoms with Crippen LogP contribution in [0.5, 0.6) is 0 Å². The van der Waals surface area contributed by atoms with Crippen LogP contribution < -0.4 is 4.90 Å². The van der Waals surface area contributed by atoms with Crippen molar-refractivity contribution in [1.82, 2.24) is 4.98 Å². The molecular formula is C24H17FN2O4S. The molecule has 0 radical (unpaired) electrons. The highest BCUT2D eigenvalue weighted by atomic mass is 32.1. The van der Waals surface area contributed by atoms with Crippen LogP contribution in [0.15, 0.2) is 70.5 Å². The van der Waals surface area contributed by atoms with Crippen LogP contribution in [0.3, 0.4) is 0 Å². The van der Waals surface area contributed by atoms with Crippen LogP contribution in [0.4, 0.5) is 9.52 Å². The number of benzene rings is 2. The lowest BCUT2D eigenvalue weighted by molar-refractivity contribution is -0.117. The molecular weight excluding hydrogens is 431 g/mol. The number of furan rings is 1. The molecule has 5 rings (SSSR count). The molecule has 2 aromatic carbocycles. The van der Waals surface area contributed by atoms with Crippen molar-refractivity contribution in [2.24, 2.45) is 0 Å². The lowest BCUT2D eigenvalue weighted by Gasteiger charge is -2.24. The molecule has 160 valence electrons. The average Bonchev–Trinajstić information content (AvgIpc) is 3.47. The van der Waals surface area contributed by atoms with Crippen molar-refractivity contribution in [3.8, 4) is 0 Å². The summed E-state index contributed by atoms with van der Waals surface area (Å²) in [7, 11) is 0. The molecule has 0 fully saturated rings. The van der Waals surface area contributed by atoms with E-state index >= 15 is 0 Å². The first-order valence-corrected chi connectivity index (χ1v) is 10.6. The average molecular weight is 448 g/mol. The third-order valence-electron chi connectivity index (χ3n) is 5.39. The molecule has 1 aliphatic rings. The van der Waals surface area contributed by atoms with Crippen molar-refractivity contribution >= 4 is 38.4 Å². The Bertz CT molecular complexity index is 1420. The van der Waals surface area contributed by atoms with Gasteiger partial charge in [0.05, 0.1) is 28.1 Å². The molecule has 1 N–H and O–H groups in total. The van der Waals surface area contributed by atoms with Crippen molar-refractivity contribution < 1.29 is 23.5 Å². The van der Waals surface area contributed by atoms with Gasteiger partial charge < -0.3 is 9.52 Å². The number of hydrogen-bond acceptors (Lipinski definition) is 6. The first-order chi connectivity index (χ1) is 15.3. The number of Topliss-reactive ketones (excluding diaryl/α,β-unsaturated/α-hetero) is 1. The summed E-state index contributed by atoms with van der Waals surface area (Å²) < 4.78 is 20.2. The molecule has 0 saturated carbocycles. The Morgan fingerprint density at radius 3 is 2.72 bits per heavy atom. The molecule has 3 heterocycles. The molecule has 0 bridgehead atoms. The Morgan fingerprint density at radius 2 is 2.00 bits per heavy atom. The van der Waals surface area contributed by atoms with Crippen molar-refractivity contribution in [2.75, 3.05) is 4.90 Å². The molecule has 1 atom stereocenters. The van der Waals surface area contributed by atoms with Gasteiger partial charge in [-0.2, -0.15) is 0 Å². The summed E-state index contributed by atoms with van der Waals surface area (Å²) in [5.74, 6) is -2.68. The van der Waals surface area contributed by atoms with E-state index < -0.39 is 29.3 Å². The number of ketones is 1. The summed E-state index contributed by atoms with van der Waals surface area (Å²) in [5.41, 5.74) is 2.88. The second-order valence-corrected chi connectivity index (χ2v) is 8.64. The predicted molar refractivity (Wildman–Crippen MR) is 118 cm³/mol. The summed E-state index contributed by atoms with van der Waals surface area (Å²) in [6.45, 7) is 3.90. The number of aryl methyl sites for hydroxylation is 2. The number of rotatable bonds is 4. The maximum Gasteiger partial charge on any atom is 0.296 e. The number of anilines is 1. The first kappa shape index (κ1) is 20.1. The Morgan fingerprint density at radius 1 is 1.19 bits per heavy atom. The number of hydrogen-bond donors (Lipinski definition) is 1. The van der Waals surface area contributed by atoms with Gasteiger partial charge in [0.1, 0.15) is 5.82 Å². The van der Waals surface area contributed by atoms with Gasteiger partial charge in [0.25, 0.3) is 5.91 Å². The first-order valence-electron chi connectivity index (χ1n) is 9.83. The van der Waals surface area contributed by atoms with Gasteiger partial charge >= 0.3 is 0 Å². The highest BCUT2D eigenvalue weighted by molar-refractivity contribution is 7.22. The zero-order valence-corrected chi connectivity index (χ0v) is 17.9. The van der Waals surface area contributed by atoms with E-state index in [2.05, 4.69) is 4.98 Å². The predicted octanol–water partition coefficient (Wildman–Crippen LogP) is 5.43. The van der Waals surface area contributed by atoms with Crippen molar-refractivity contribution in [2.45, 2.75) is 19.9 Å². The van der Waals surface area contributed by atoms with E-state index in [0.717, 1.165) is 21.3 Å². The maximum absolute atomic E-state index is 14.1. The zero-order valence-electron chi connectivity index (χ0n) is 17.1. The van der Waals surface area contributed by atoms with Gasteiger partial charge in [-0.1, -0.05) is 29.5 Å². The van der Waals surface area contributed by atoms with Gasteiger partial charge in [0, 0.05) is 0 Å². The fourth-order valence-corrected chi connectivity index (χ4v) is 5.20.